The summed E-state index contributed by atoms with van der Waals surface area (Å²) in [5, 5.41) is 8.83. The highest BCUT2D eigenvalue weighted by atomic mass is 16.5. The normalized spacial score (nSPS) is 14.1. The number of methoxy groups -OCH3 is 1. The average molecular weight is 275 g/mol. The van der Waals surface area contributed by atoms with Gasteiger partial charge in [0.05, 0.1) is 13.2 Å². The molecule has 110 valence electrons. The Bertz CT molecular complexity index is 434. The minimum absolute atomic E-state index is 0.00973. The smallest absolute Gasteiger partial charge is 0.118 e. The average Bonchev–Trinajstić information content (AvgIpc) is 2.43. The Morgan fingerprint density at radius 1 is 1.25 bits per heavy atom. The van der Waals surface area contributed by atoms with Gasteiger partial charge in [0.15, 0.2) is 0 Å². The van der Waals surface area contributed by atoms with Gasteiger partial charge in [0.2, 0.25) is 0 Å². The van der Waals surface area contributed by atoms with Gasteiger partial charge in [0, 0.05) is 31.1 Å². The number of nitriles is 1. The van der Waals surface area contributed by atoms with Crippen LogP contribution < -0.4 is 10.5 Å². The predicted octanol–water partition coefficient (Wildman–Crippen LogP) is 2.71. The van der Waals surface area contributed by atoms with Gasteiger partial charge in [-0.1, -0.05) is 12.1 Å². The molecule has 0 spiro atoms. The summed E-state index contributed by atoms with van der Waals surface area (Å²) in [7, 11) is 1.66. The zero-order valence-electron chi connectivity index (χ0n) is 12.8. The third kappa shape index (κ3) is 4.22. The zero-order valence-corrected chi connectivity index (χ0v) is 12.8. The molecule has 0 saturated heterocycles. The maximum atomic E-state index is 8.83. The van der Waals surface area contributed by atoms with Crippen LogP contribution in [-0.4, -0.2) is 30.6 Å². The first-order valence-corrected chi connectivity index (χ1v) is 7.03. The summed E-state index contributed by atoms with van der Waals surface area (Å²) in [6, 6.07) is 10.6. The van der Waals surface area contributed by atoms with E-state index in [0.717, 1.165) is 17.9 Å². The number of nitrogens with zero attached hydrogens (tertiary/aromatic N) is 2. The molecule has 0 aliphatic carbocycles. The van der Waals surface area contributed by atoms with Gasteiger partial charge in [0.1, 0.15) is 5.75 Å². The highest BCUT2D eigenvalue weighted by Crippen LogP contribution is 2.27. The van der Waals surface area contributed by atoms with Gasteiger partial charge in [-0.25, -0.2) is 0 Å². The van der Waals surface area contributed by atoms with Crippen LogP contribution in [0.1, 0.15) is 38.8 Å². The van der Waals surface area contributed by atoms with Crippen molar-refractivity contribution in [1.29, 1.82) is 5.26 Å². The summed E-state index contributed by atoms with van der Waals surface area (Å²) in [5.41, 5.74) is 7.35. The van der Waals surface area contributed by atoms with Crippen LogP contribution in [0.5, 0.6) is 5.75 Å². The summed E-state index contributed by atoms with van der Waals surface area (Å²) in [5.74, 6) is 0.838. The monoisotopic (exact) mass is 275 g/mol. The highest BCUT2D eigenvalue weighted by molar-refractivity contribution is 5.30. The number of hydrogen-bond acceptors (Lipinski definition) is 4. The van der Waals surface area contributed by atoms with Gasteiger partial charge in [-0.3, -0.25) is 4.90 Å². The highest BCUT2D eigenvalue weighted by Gasteiger charge is 2.25. The van der Waals surface area contributed by atoms with Crippen molar-refractivity contribution < 1.29 is 4.74 Å². The molecule has 0 heterocycles. The minimum Gasteiger partial charge on any atom is -0.497 e. The van der Waals surface area contributed by atoms with Crippen molar-refractivity contribution in [3.05, 3.63) is 29.8 Å². The van der Waals surface area contributed by atoms with Gasteiger partial charge in [-0.2, -0.15) is 5.26 Å². The summed E-state index contributed by atoms with van der Waals surface area (Å²) in [6.07, 6.45) is 0.511. The summed E-state index contributed by atoms with van der Waals surface area (Å²) in [6.45, 7) is 7.01. The first-order valence-electron chi connectivity index (χ1n) is 7.03. The van der Waals surface area contributed by atoms with E-state index in [1.165, 1.54) is 0 Å². The largest absolute Gasteiger partial charge is 0.497 e. The molecule has 4 heteroatoms. The Labute approximate surface area is 122 Å². The van der Waals surface area contributed by atoms with E-state index < -0.39 is 0 Å². The predicted molar refractivity (Wildman–Crippen MR) is 81.5 cm³/mol. The third-order valence-corrected chi connectivity index (χ3v) is 3.46. The number of nitrogens with two attached hydrogens (primary N) is 1. The van der Waals surface area contributed by atoms with Crippen molar-refractivity contribution >= 4 is 0 Å². The van der Waals surface area contributed by atoms with Crippen LogP contribution in [-0.2, 0) is 0 Å². The fourth-order valence-electron chi connectivity index (χ4n) is 2.50. The molecule has 0 aromatic heterocycles. The number of ether oxygens (including phenoxy) is 1. The molecule has 0 aliphatic rings. The van der Waals surface area contributed by atoms with Crippen LogP contribution in [0, 0.1) is 11.3 Å². The molecule has 2 N–H and O–H groups in total. The van der Waals surface area contributed by atoms with E-state index in [4.69, 9.17) is 15.7 Å². The van der Waals surface area contributed by atoms with Crippen molar-refractivity contribution in [2.75, 3.05) is 13.7 Å². The lowest BCUT2D eigenvalue weighted by Crippen LogP contribution is -2.43. The molecule has 0 bridgehead atoms. The molecule has 0 saturated carbocycles. The van der Waals surface area contributed by atoms with E-state index in [-0.39, 0.29) is 12.1 Å². The van der Waals surface area contributed by atoms with Gasteiger partial charge < -0.3 is 10.5 Å². The fourth-order valence-corrected chi connectivity index (χ4v) is 2.50. The Morgan fingerprint density at radius 3 is 2.25 bits per heavy atom. The maximum Gasteiger partial charge on any atom is 0.118 e. The Hall–Kier alpha value is -1.57. The van der Waals surface area contributed by atoms with Crippen molar-refractivity contribution in [3.8, 4) is 11.8 Å². The maximum absolute atomic E-state index is 8.83. The summed E-state index contributed by atoms with van der Waals surface area (Å²) >= 11 is 0. The van der Waals surface area contributed by atoms with Crippen LogP contribution in [0.2, 0.25) is 0 Å². The lowest BCUT2D eigenvalue weighted by molar-refractivity contribution is 0.139. The van der Waals surface area contributed by atoms with E-state index in [2.05, 4.69) is 36.9 Å². The number of benzene rings is 1. The molecule has 0 aliphatic heterocycles. The Balaban J connectivity index is 3.03. The molecule has 2 atom stereocenters. The number of rotatable bonds is 7. The quantitative estimate of drug-likeness (QED) is 0.831. The minimum atomic E-state index is -0.00973. The number of hydrogen-bond donors (Lipinski definition) is 1. The first kappa shape index (κ1) is 16.5. The van der Waals surface area contributed by atoms with E-state index in [1.54, 1.807) is 7.11 Å². The molecule has 20 heavy (non-hydrogen) atoms. The second-order valence-corrected chi connectivity index (χ2v) is 5.32. The molecular weight excluding hydrogens is 250 g/mol. The van der Waals surface area contributed by atoms with Crippen molar-refractivity contribution in [2.45, 2.75) is 45.3 Å². The van der Waals surface area contributed by atoms with E-state index >= 15 is 0 Å². The van der Waals surface area contributed by atoms with E-state index in [9.17, 15) is 0 Å². The second-order valence-electron chi connectivity index (χ2n) is 5.32. The first-order chi connectivity index (χ1) is 9.51. The molecule has 1 aromatic rings. The van der Waals surface area contributed by atoms with Gasteiger partial charge >= 0.3 is 0 Å². The molecule has 2 unspecified atom stereocenters. The standard InChI is InChI=1S/C16H25N3O/c1-12(2)19(11-5-10-17)16(13(3)18)14-6-8-15(20-4)9-7-14/h6-9,12-13,16H,5,11,18H2,1-4H3. The van der Waals surface area contributed by atoms with Crippen LogP contribution in [0.25, 0.3) is 0 Å². The zero-order chi connectivity index (χ0) is 15.1. The van der Waals surface area contributed by atoms with Crippen LogP contribution in [0.3, 0.4) is 0 Å². The van der Waals surface area contributed by atoms with Crippen LogP contribution in [0.15, 0.2) is 24.3 Å². The van der Waals surface area contributed by atoms with Gasteiger partial charge in [-0.05, 0) is 38.5 Å². The lowest BCUT2D eigenvalue weighted by atomic mass is 9.97. The lowest BCUT2D eigenvalue weighted by Gasteiger charge is -2.37. The third-order valence-electron chi connectivity index (χ3n) is 3.46. The second kappa shape index (κ2) is 7.88. The van der Waals surface area contributed by atoms with Crippen molar-refractivity contribution in [3.63, 3.8) is 0 Å². The molecule has 1 aromatic carbocycles. The van der Waals surface area contributed by atoms with Crippen molar-refractivity contribution in [2.24, 2.45) is 5.73 Å². The molecule has 0 amide bonds. The Morgan fingerprint density at radius 2 is 1.85 bits per heavy atom. The Kier molecular flexibility index (Phi) is 6.50. The van der Waals surface area contributed by atoms with Crippen LogP contribution >= 0.6 is 0 Å². The molecule has 1 rings (SSSR count). The van der Waals surface area contributed by atoms with E-state index in [0.29, 0.717) is 12.5 Å². The SMILES string of the molecule is COc1ccc(C(C(C)N)N(CCC#N)C(C)C)cc1. The molecule has 0 radical (unpaired) electrons. The summed E-state index contributed by atoms with van der Waals surface area (Å²) < 4.78 is 5.19. The van der Waals surface area contributed by atoms with Crippen LogP contribution in [0.4, 0.5) is 0 Å². The molecule has 0 fully saturated rings. The summed E-state index contributed by atoms with van der Waals surface area (Å²) in [4.78, 5) is 2.29. The van der Waals surface area contributed by atoms with Gasteiger partial charge in [-0.15, -0.1) is 0 Å². The molecular formula is C16H25N3O. The molecule has 4 nitrogen and oxygen atoms in total. The van der Waals surface area contributed by atoms with Crippen molar-refractivity contribution in [1.82, 2.24) is 4.90 Å². The topological polar surface area (TPSA) is 62.3 Å². The van der Waals surface area contributed by atoms with E-state index in [1.807, 2.05) is 19.1 Å². The fraction of sp³-hybridized carbons (Fsp3) is 0.562. The van der Waals surface area contributed by atoms with Gasteiger partial charge in [0.25, 0.3) is 0 Å².